The maximum Gasteiger partial charge on any atom is 0.159 e. The Balaban J connectivity index is 2.32. The summed E-state index contributed by atoms with van der Waals surface area (Å²) in [6.45, 7) is 2.10. The van der Waals surface area contributed by atoms with Crippen LogP contribution in [0.2, 0.25) is 0 Å². The second kappa shape index (κ2) is 5.08. The summed E-state index contributed by atoms with van der Waals surface area (Å²) in [6, 6.07) is 3.91. The minimum Gasteiger partial charge on any atom is -0.282 e. The van der Waals surface area contributed by atoms with Gasteiger partial charge in [0.2, 0.25) is 0 Å². The summed E-state index contributed by atoms with van der Waals surface area (Å²) in [5, 5.41) is 6.87. The van der Waals surface area contributed by atoms with Gasteiger partial charge in [-0.25, -0.2) is 8.78 Å². The van der Waals surface area contributed by atoms with E-state index < -0.39 is 11.6 Å². The summed E-state index contributed by atoms with van der Waals surface area (Å²) in [7, 11) is 0. The molecule has 90 valence electrons. The Morgan fingerprint density at radius 3 is 2.76 bits per heavy atom. The number of nitrogens with zero attached hydrogens (tertiary/aromatic N) is 1. The zero-order chi connectivity index (χ0) is 12.3. The highest BCUT2D eigenvalue weighted by Gasteiger charge is 2.10. The van der Waals surface area contributed by atoms with Crippen LogP contribution in [0.5, 0.6) is 0 Å². The van der Waals surface area contributed by atoms with Gasteiger partial charge >= 0.3 is 0 Å². The average Bonchev–Trinajstić information content (AvgIpc) is 2.78. The van der Waals surface area contributed by atoms with Crippen LogP contribution in [0.15, 0.2) is 24.4 Å². The lowest BCUT2D eigenvalue weighted by Crippen LogP contribution is -1.90. The largest absolute Gasteiger partial charge is 0.282 e. The van der Waals surface area contributed by atoms with E-state index in [0.717, 1.165) is 36.6 Å². The van der Waals surface area contributed by atoms with Gasteiger partial charge in [0.25, 0.3) is 0 Å². The topological polar surface area (TPSA) is 28.7 Å². The fourth-order valence-electron chi connectivity index (χ4n) is 1.77. The number of halogens is 2. The molecule has 1 aromatic heterocycles. The number of unbranched alkanes of at least 4 members (excludes halogenated alkanes) is 1. The Labute approximate surface area is 98.7 Å². The van der Waals surface area contributed by atoms with Gasteiger partial charge < -0.3 is 0 Å². The molecule has 0 unspecified atom stereocenters. The van der Waals surface area contributed by atoms with E-state index in [1.807, 2.05) is 0 Å². The number of nitrogens with one attached hydrogen (secondary N) is 1. The first-order valence-electron chi connectivity index (χ1n) is 5.70. The van der Waals surface area contributed by atoms with E-state index in [0.29, 0.717) is 5.56 Å². The molecular formula is C13H14F2N2. The predicted octanol–water partition coefficient (Wildman–Crippen LogP) is 3.70. The van der Waals surface area contributed by atoms with Crippen molar-refractivity contribution in [2.45, 2.75) is 26.2 Å². The fourth-order valence-corrected chi connectivity index (χ4v) is 1.77. The Bertz CT molecular complexity index is 506. The quantitative estimate of drug-likeness (QED) is 0.861. The summed E-state index contributed by atoms with van der Waals surface area (Å²) in [5.41, 5.74) is 2.47. The molecule has 0 amide bonds. The SMILES string of the molecule is CCCCc1[nH]ncc1-c1ccc(F)c(F)c1. The summed E-state index contributed by atoms with van der Waals surface area (Å²) in [6.07, 6.45) is 4.64. The molecule has 0 aliphatic carbocycles. The number of rotatable bonds is 4. The van der Waals surface area contributed by atoms with Crippen LogP contribution in [-0.4, -0.2) is 10.2 Å². The molecule has 0 aliphatic rings. The van der Waals surface area contributed by atoms with E-state index in [-0.39, 0.29) is 0 Å². The summed E-state index contributed by atoms with van der Waals surface area (Å²) in [4.78, 5) is 0. The molecule has 0 bridgehead atoms. The fraction of sp³-hybridized carbons (Fsp3) is 0.308. The highest BCUT2D eigenvalue weighted by molar-refractivity contribution is 5.65. The third-order valence-electron chi connectivity index (χ3n) is 2.73. The molecule has 2 rings (SSSR count). The van der Waals surface area contributed by atoms with Crippen LogP contribution in [0, 0.1) is 11.6 Å². The van der Waals surface area contributed by atoms with Crippen molar-refractivity contribution in [3.05, 3.63) is 41.7 Å². The zero-order valence-corrected chi connectivity index (χ0v) is 9.63. The minimum absolute atomic E-state index is 0.656. The van der Waals surface area contributed by atoms with Gasteiger partial charge in [0.1, 0.15) is 0 Å². The van der Waals surface area contributed by atoms with Crippen LogP contribution in [0.25, 0.3) is 11.1 Å². The number of aromatic nitrogens is 2. The van der Waals surface area contributed by atoms with Crippen molar-refractivity contribution in [1.29, 1.82) is 0 Å². The van der Waals surface area contributed by atoms with E-state index >= 15 is 0 Å². The highest BCUT2D eigenvalue weighted by Crippen LogP contribution is 2.24. The average molecular weight is 236 g/mol. The number of aryl methyl sites for hydroxylation is 1. The second-order valence-electron chi connectivity index (χ2n) is 3.99. The number of hydrogen-bond acceptors (Lipinski definition) is 1. The van der Waals surface area contributed by atoms with E-state index in [1.54, 1.807) is 12.3 Å². The van der Waals surface area contributed by atoms with Crippen molar-refractivity contribution in [3.8, 4) is 11.1 Å². The molecule has 17 heavy (non-hydrogen) atoms. The van der Waals surface area contributed by atoms with E-state index in [2.05, 4.69) is 17.1 Å². The lowest BCUT2D eigenvalue weighted by atomic mass is 10.0. The molecule has 0 fully saturated rings. The first kappa shape index (κ1) is 11.8. The molecule has 1 N–H and O–H groups in total. The molecule has 2 aromatic rings. The zero-order valence-electron chi connectivity index (χ0n) is 9.63. The van der Waals surface area contributed by atoms with Gasteiger partial charge in [-0.05, 0) is 30.5 Å². The lowest BCUT2D eigenvalue weighted by molar-refractivity contribution is 0.509. The van der Waals surface area contributed by atoms with Gasteiger partial charge in [0, 0.05) is 11.3 Å². The van der Waals surface area contributed by atoms with Gasteiger partial charge in [0.15, 0.2) is 11.6 Å². The van der Waals surface area contributed by atoms with Gasteiger partial charge in [-0.15, -0.1) is 0 Å². The molecule has 0 spiro atoms. The molecular weight excluding hydrogens is 222 g/mol. The first-order chi connectivity index (χ1) is 8.22. The van der Waals surface area contributed by atoms with Crippen molar-refractivity contribution < 1.29 is 8.78 Å². The van der Waals surface area contributed by atoms with Gasteiger partial charge in [-0.2, -0.15) is 5.10 Å². The van der Waals surface area contributed by atoms with Crippen molar-refractivity contribution in [2.75, 3.05) is 0 Å². The number of hydrogen-bond donors (Lipinski definition) is 1. The highest BCUT2D eigenvalue weighted by atomic mass is 19.2. The van der Waals surface area contributed by atoms with E-state index in [4.69, 9.17) is 0 Å². The molecule has 4 heteroatoms. The van der Waals surface area contributed by atoms with Crippen LogP contribution in [0.4, 0.5) is 8.78 Å². The molecule has 0 atom stereocenters. The van der Waals surface area contributed by atoms with Crippen molar-refractivity contribution in [1.82, 2.24) is 10.2 Å². The lowest BCUT2D eigenvalue weighted by Gasteiger charge is -2.03. The summed E-state index contributed by atoms with van der Waals surface area (Å²) < 4.78 is 26.0. The molecule has 0 saturated heterocycles. The molecule has 0 saturated carbocycles. The maximum atomic E-state index is 13.1. The third-order valence-corrected chi connectivity index (χ3v) is 2.73. The third kappa shape index (κ3) is 2.52. The Kier molecular flexibility index (Phi) is 3.52. The van der Waals surface area contributed by atoms with Gasteiger partial charge in [0.05, 0.1) is 6.20 Å². The van der Waals surface area contributed by atoms with Crippen molar-refractivity contribution >= 4 is 0 Å². The molecule has 1 aromatic carbocycles. The second-order valence-corrected chi connectivity index (χ2v) is 3.99. The normalized spacial score (nSPS) is 10.8. The van der Waals surface area contributed by atoms with Gasteiger partial charge in [-0.1, -0.05) is 19.4 Å². The Hall–Kier alpha value is -1.71. The van der Waals surface area contributed by atoms with Crippen LogP contribution >= 0.6 is 0 Å². The number of benzene rings is 1. The van der Waals surface area contributed by atoms with Crippen molar-refractivity contribution in [3.63, 3.8) is 0 Å². The molecule has 2 nitrogen and oxygen atoms in total. The smallest absolute Gasteiger partial charge is 0.159 e. The summed E-state index contributed by atoms with van der Waals surface area (Å²) in [5.74, 6) is -1.66. The molecule has 0 radical (unpaired) electrons. The monoisotopic (exact) mass is 236 g/mol. The van der Waals surface area contributed by atoms with Crippen LogP contribution < -0.4 is 0 Å². The number of H-pyrrole nitrogens is 1. The first-order valence-corrected chi connectivity index (χ1v) is 5.70. The minimum atomic E-state index is -0.829. The van der Waals surface area contributed by atoms with Crippen LogP contribution in [0.1, 0.15) is 25.5 Å². The van der Waals surface area contributed by atoms with E-state index in [9.17, 15) is 8.78 Å². The predicted molar refractivity (Wildman–Crippen MR) is 62.6 cm³/mol. The molecule has 1 heterocycles. The Morgan fingerprint density at radius 2 is 2.06 bits per heavy atom. The van der Waals surface area contributed by atoms with E-state index in [1.165, 1.54) is 6.07 Å². The standard InChI is InChI=1S/C13H14F2N2/c1-2-3-4-13-10(8-16-17-13)9-5-6-11(14)12(15)7-9/h5-8H,2-4H2,1H3,(H,16,17). The number of aromatic amines is 1. The van der Waals surface area contributed by atoms with Crippen molar-refractivity contribution in [2.24, 2.45) is 0 Å². The van der Waals surface area contributed by atoms with Crippen LogP contribution in [0.3, 0.4) is 0 Å². The summed E-state index contributed by atoms with van der Waals surface area (Å²) >= 11 is 0. The Morgan fingerprint density at radius 1 is 1.24 bits per heavy atom. The van der Waals surface area contributed by atoms with Gasteiger partial charge in [-0.3, -0.25) is 5.10 Å². The van der Waals surface area contributed by atoms with Crippen LogP contribution in [-0.2, 0) is 6.42 Å². The maximum absolute atomic E-state index is 13.1. The molecule has 0 aliphatic heterocycles.